The highest BCUT2D eigenvalue weighted by molar-refractivity contribution is 5.35. The lowest BCUT2D eigenvalue weighted by molar-refractivity contribution is 0.0706. The Morgan fingerprint density at radius 1 is 1.25 bits per heavy atom. The van der Waals surface area contributed by atoms with Gasteiger partial charge in [0.1, 0.15) is 18.5 Å². The Bertz CT molecular complexity index is 407. The molecule has 4 nitrogen and oxygen atoms in total. The first-order valence-electron chi connectivity index (χ1n) is 7.13. The summed E-state index contributed by atoms with van der Waals surface area (Å²) in [5, 5.41) is 19.2. The lowest BCUT2D eigenvalue weighted by atomic mass is 10.1. The van der Waals surface area contributed by atoms with Crippen molar-refractivity contribution in [3.8, 4) is 5.75 Å². The van der Waals surface area contributed by atoms with Gasteiger partial charge in [-0.3, -0.25) is 0 Å². The third kappa shape index (κ3) is 6.37. The van der Waals surface area contributed by atoms with Crippen molar-refractivity contribution in [2.75, 3.05) is 26.7 Å². The average molecular weight is 281 g/mol. The number of aliphatic hydroxyl groups is 2. The highest BCUT2D eigenvalue weighted by Gasteiger charge is 2.10. The van der Waals surface area contributed by atoms with Gasteiger partial charge in [0.2, 0.25) is 0 Å². The zero-order valence-electron chi connectivity index (χ0n) is 13.0. The summed E-state index contributed by atoms with van der Waals surface area (Å²) < 4.78 is 5.68. The SMILES string of the molecule is Cc1ccc(C)c(OCC(O)CN(C)CCC(C)O)c1. The van der Waals surface area contributed by atoms with E-state index >= 15 is 0 Å². The quantitative estimate of drug-likeness (QED) is 0.762. The van der Waals surface area contributed by atoms with Crippen molar-refractivity contribution in [2.24, 2.45) is 0 Å². The highest BCUT2D eigenvalue weighted by atomic mass is 16.5. The van der Waals surface area contributed by atoms with Gasteiger partial charge in [0.25, 0.3) is 0 Å². The van der Waals surface area contributed by atoms with Crippen LogP contribution in [0, 0.1) is 13.8 Å². The van der Waals surface area contributed by atoms with Crippen LogP contribution in [0.4, 0.5) is 0 Å². The smallest absolute Gasteiger partial charge is 0.122 e. The first-order chi connectivity index (χ1) is 9.38. The Balaban J connectivity index is 2.35. The molecule has 0 aliphatic rings. The summed E-state index contributed by atoms with van der Waals surface area (Å²) >= 11 is 0. The van der Waals surface area contributed by atoms with E-state index in [1.165, 1.54) is 0 Å². The molecule has 20 heavy (non-hydrogen) atoms. The van der Waals surface area contributed by atoms with Crippen LogP contribution >= 0.6 is 0 Å². The number of hydrogen-bond acceptors (Lipinski definition) is 4. The third-order valence-corrected chi connectivity index (χ3v) is 3.23. The van der Waals surface area contributed by atoms with Gasteiger partial charge >= 0.3 is 0 Å². The molecule has 0 saturated carbocycles. The summed E-state index contributed by atoms with van der Waals surface area (Å²) in [5.74, 6) is 0.829. The second-order valence-electron chi connectivity index (χ2n) is 5.63. The van der Waals surface area contributed by atoms with Gasteiger partial charge in [-0.15, -0.1) is 0 Å². The summed E-state index contributed by atoms with van der Waals surface area (Å²) in [7, 11) is 1.93. The summed E-state index contributed by atoms with van der Waals surface area (Å²) in [6.07, 6.45) is -0.129. The van der Waals surface area contributed by atoms with E-state index in [-0.39, 0.29) is 12.7 Å². The molecular formula is C16H27NO3. The van der Waals surface area contributed by atoms with E-state index in [1.807, 2.05) is 44.0 Å². The third-order valence-electron chi connectivity index (χ3n) is 3.23. The van der Waals surface area contributed by atoms with Gasteiger partial charge in [-0.25, -0.2) is 0 Å². The molecule has 2 N–H and O–H groups in total. The average Bonchev–Trinajstić information content (AvgIpc) is 2.37. The van der Waals surface area contributed by atoms with Crippen LogP contribution < -0.4 is 4.74 Å². The normalized spacial score (nSPS) is 14.3. The number of nitrogens with zero attached hydrogens (tertiary/aromatic N) is 1. The first kappa shape index (κ1) is 17.0. The van der Waals surface area contributed by atoms with Crippen molar-refractivity contribution in [1.29, 1.82) is 0 Å². The topological polar surface area (TPSA) is 52.9 Å². The minimum atomic E-state index is -0.533. The van der Waals surface area contributed by atoms with Crippen LogP contribution in [-0.4, -0.2) is 54.1 Å². The molecule has 0 aliphatic carbocycles. The maximum Gasteiger partial charge on any atom is 0.122 e. The Kier molecular flexibility index (Phi) is 6.99. The number of hydrogen-bond donors (Lipinski definition) is 2. The summed E-state index contributed by atoms with van der Waals surface area (Å²) in [5.41, 5.74) is 2.22. The van der Waals surface area contributed by atoms with E-state index in [4.69, 9.17) is 4.74 Å². The molecule has 2 unspecified atom stereocenters. The van der Waals surface area contributed by atoms with Crippen molar-refractivity contribution < 1.29 is 14.9 Å². The van der Waals surface area contributed by atoms with E-state index in [2.05, 4.69) is 0 Å². The molecule has 0 aliphatic heterocycles. The van der Waals surface area contributed by atoms with E-state index in [0.29, 0.717) is 13.0 Å². The van der Waals surface area contributed by atoms with Crippen LogP contribution in [0.1, 0.15) is 24.5 Å². The fourth-order valence-corrected chi connectivity index (χ4v) is 1.96. The molecule has 1 rings (SSSR count). The molecule has 4 heteroatoms. The van der Waals surface area contributed by atoms with Gasteiger partial charge < -0.3 is 19.8 Å². The fraction of sp³-hybridized carbons (Fsp3) is 0.625. The molecular weight excluding hydrogens is 254 g/mol. The maximum atomic E-state index is 9.98. The molecule has 0 aromatic heterocycles. The van der Waals surface area contributed by atoms with Crippen LogP contribution in [-0.2, 0) is 0 Å². The van der Waals surface area contributed by atoms with E-state index in [1.54, 1.807) is 6.92 Å². The van der Waals surface area contributed by atoms with Crippen LogP contribution in [0.5, 0.6) is 5.75 Å². The van der Waals surface area contributed by atoms with Crippen molar-refractivity contribution in [3.05, 3.63) is 29.3 Å². The summed E-state index contributed by atoms with van der Waals surface area (Å²) in [6, 6.07) is 6.05. The number of ether oxygens (including phenoxy) is 1. The minimum absolute atomic E-state index is 0.281. The Hall–Kier alpha value is -1.10. The van der Waals surface area contributed by atoms with Gasteiger partial charge in [0, 0.05) is 13.1 Å². The lowest BCUT2D eigenvalue weighted by Gasteiger charge is -2.21. The molecule has 1 aromatic carbocycles. The Labute approximate surface area is 122 Å². The summed E-state index contributed by atoms with van der Waals surface area (Å²) in [6.45, 7) is 7.37. The van der Waals surface area contributed by atoms with Crippen molar-refractivity contribution >= 4 is 0 Å². The zero-order chi connectivity index (χ0) is 15.1. The lowest BCUT2D eigenvalue weighted by Crippen LogP contribution is -2.34. The number of rotatable bonds is 8. The zero-order valence-corrected chi connectivity index (χ0v) is 13.0. The van der Waals surface area contributed by atoms with Crippen LogP contribution in [0.15, 0.2) is 18.2 Å². The van der Waals surface area contributed by atoms with Crippen LogP contribution in [0.2, 0.25) is 0 Å². The van der Waals surface area contributed by atoms with Gasteiger partial charge in [-0.05, 0) is 51.4 Å². The minimum Gasteiger partial charge on any atom is -0.491 e. The Morgan fingerprint density at radius 3 is 2.60 bits per heavy atom. The van der Waals surface area contributed by atoms with Crippen LogP contribution in [0.25, 0.3) is 0 Å². The number of aryl methyl sites for hydroxylation is 2. The molecule has 0 bridgehead atoms. The number of aliphatic hydroxyl groups excluding tert-OH is 2. The molecule has 0 radical (unpaired) electrons. The highest BCUT2D eigenvalue weighted by Crippen LogP contribution is 2.19. The maximum absolute atomic E-state index is 9.98. The van der Waals surface area contributed by atoms with Gasteiger partial charge in [0.15, 0.2) is 0 Å². The summed E-state index contributed by atoms with van der Waals surface area (Å²) in [4.78, 5) is 2.00. The predicted octanol–water partition coefficient (Wildman–Crippen LogP) is 1.75. The second-order valence-corrected chi connectivity index (χ2v) is 5.63. The van der Waals surface area contributed by atoms with E-state index < -0.39 is 6.10 Å². The number of benzene rings is 1. The molecule has 114 valence electrons. The molecule has 0 spiro atoms. The van der Waals surface area contributed by atoms with E-state index in [0.717, 1.165) is 23.4 Å². The molecule has 1 aromatic rings. The Morgan fingerprint density at radius 2 is 1.95 bits per heavy atom. The standard InChI is InChI=1S/C16H27NO3/c1-12-5-6-13(2)16(9-12)20-11-15(19)10-17(4)8-7-14(3)18/h5-6,9,14-15,18-19H,7-8,10-11H2,1-4H3. The van der Waals surface area contributed by atoms with E-state index in [9.17, 15) is 10.2 Å². The van der Waals surface area contributed by atoms with Gasteiger partial charge in [-0.1, -0.05) is 12.1 Å². The molecule has 0 amide bonds. The number of likely N-dealkylation sites (N-methyl/N-ethyl adjacent to an activating group) is 1. The second kappa shape index (κ2) is 8.25. The molecule has 2 atom stereocenters. The first-order valence-corrected chi connectivity index (χ1v) is 7.13. The fourth-order valence-electron chi connectivity index (χ4n) is 1.96. The molecule has 0 heterocycles. The van der Waals surface area contributed by atoms with Gasteiger partial charge in [-0.2, -0.15) is 0 Å². The van der Waals surface area contributed by atoms with Crippen molar-refractivity contribution in [1.82, 2.24) is 4.90 Å². The molecule has 0 fully saturated rings. The van der Waals surface area contributed by atoms with Crippen LogP contribution in [0.3, 0.4) is 0 Å². The predicted molar refractivity (Wildman–Crippen MR) is 81.2 cm³/mol. The van der Waals surface area contributed by atoms with Gasteiger partial charge in [0.05, 0.1) is 6.10 Å². The monoisotopic (exact) mass is 281 g/mol. The largest absolute Gasteiger partial charge is 0.491 e. The molecule has 0 saturated heterocycles. The van der Waals surface area contributed by atoms with Crippen molar-refractivity contribution in [3.63, 3.8) is 0 Å². The van der Waals surface area contributed by atoms with Crippen molar-refractivity contribution in [2.45, 2.75) is 39.4 Å².